The largest absolute Gasteiger partial charge is 0.317 e. The van der Waals surface area contributed by atoms with Crippen LogP contribution >= 0.6 is 0 Å². The monoisotopic (exact) mass is 188 g/mol. The van der Waals surface area contributed by atoms with E-state index in [-0.39, 0.29) is 0 Å². The molecule has 0 fully saturated rings. The highest BCUT2D eigenvalue weighted by Gasteiger charge is 1.76. The molecular formula is C11H28N2. The van der Waals surface area contributed by atoms with Crippen LogP contribution in [0, 0.1) is 0 Å². The minimum absolute atomic E-state index is 1.10. The van der Waals surface area contributed by atoms with Crippen molar-refractivity contribution in [3.63, 3.8) is 0 Å². The molecule has 0 rings (SSSR count). The SMILES string of the molecule is CCCNCC.CCCNCCC. The van der Waals surface area contributed by atoms with Crippen LogP contribution in [0.15, 0.2) is 0 Å². The van der Waals surface area contributed by atoms with Crippen LogP contribution in [0.3, 0.4) is 0 Å². The molecule has 13 heavy (non-hydrogen) atoms. The minimum Gasteiger partial charge on any atom is -0.317 e. The Morgan fingerprint density at radius 3 is 1.23 bits per heavy atom. The third kappa shape index (κ3) is 24.5. The molecule has 82 valence electrons. The lowest BCUT2D eigenvalue weighted by Gasteiger charge is -1.95. The van der Waals surface area contributed by atoms with Gasteiger partial charge in [-0.15, -0.1) is 0 Å². The van der Waals surface area contributed by atoms with Gasteiger partial charge in [0.25, 0.3) is 0 Å². The van der Waals surface area contributed by atoms with Crippen molar-refractivity contribution in [2.45, 2.75) is 47.0 Å². The van der Waals surface area contributed by atoms with E-state index < -0.39 is 0 Å². The van der Waals surface area contributed by atoms with E-state index in [1.165, 1.54) is 32.4 Å². The second kappa shape index (κ2) is 17.9. The Balaban J connectivity index is 0. The van der Waals surface area contributed by atoms with Gasteiger partial charge in [0.05, 0.1) is 0 Å². The lowest BCUT2D eigenvalue weighted by molar-refractivity contribution is 0.662. The highest BCUT2D eigenvalue weighted by molar-refractivity contribution is 4.40. The van der Waals surface area contributed by atoms with Crippen LogP contribution in [0.25, 0.3) is 0 Å². The predicted octanol–water partition coefficient (Wildman–Crippen LogP) is 2.40. The maximum Gasteiger partial charge on any atom is -0.00516 e. The number of hydrogen-bond donors (Lipinski definition) is 2. The van der Waals surface area contributed by atoms with E-state index in [2.05, 4.69) is 38.3 Å². The van der Waals surface area contributed by atoms with Crippen LogP contribution in [-0.4, -0.2) is 26.2 Å². The number of rotatable bonds is 7. The zero-order valence-corrected chi connectivity index (χ0v) is 9.95. The molecule has 0 aliphatic heterocycles. The Morgan fingerprint density at radius 1 is 0.615 bits per heavy atom. The molecule has 0 aromatic heterocycles. The van der Waals surface area contributed by atoms with E-state index in [1.54, 1.807) is 0 Å². The lowest BCUT2D eigenvalue weighted by atomic mass is 10.4. The highest BCUT2D eigenvalue weighted by Crippen LogP contribution is 1.71. The van der Waals surface area contributed by atoms with Crippen molar-refractivity contribution in [1.29, 1.82) is 0 Å². The second-order valence-corrected chi connectivity index (χ2v) is 3.10. The molecule has 2 heteroatoms. The molecule has 0 aromatic carbocycles. The topological polar surface area (TPSA) is 24.1 Å². The van der Waals surface area contributed by atoms with Crippen molar-refractivity contribution in [3.8, 4) is 0 Å². The van der Waals surface area contributed by atoms with Crippen LogP contribution in [-0.2, 0) is 0 Å². The molecule has 2 N–H and O–H groups in total. The molecule has 0 saturated heterocycles. The van der Waals surface area contributed by atoms with E-state index in [0.717, 1.165) is 13.1 Å². The highest BCUT2D eigenvalue weighted by atomic mass is 14.8. The molecule has 0 bridgehead atoms. The van der Waals surface area contributed by atoms with Gasteiger partial charge in [-0.1, -0.05) is 27.7 Å². The summed E-state index contributed by atoms with van der Waals surface area (Å²) >= 11 is 0. The zero-order valence-electron chi connectivity index (χ0n) is 9.95. The zero-order chi connectivity index (χ0) is 10.4. The Bertz CT molecular complexity index is 57.1. The Hall–Kier alpha value is -0.0800. The van der Waals surface area contributed by atoms with E-state index in [0.29, 0.717) is 0 Å². The molecule has 0 aliphatic rings. The van der Waals surface area contributed by atoms with Crippen molar-refractivity contribution in [2.24, 2.45) is 0 Å². The summed E-state index contributed by atoms with van der Waals surface area (Å²) in [7, 11) is 0. The minimum atomic E-state index is 1.10. The third-order valence-electron chi connectivity index (χ3n) is 1.53. The fourth-order valence-electron chi connectivity index (χ4n) is 0.832. The molecular weight excluding hydrogens is 160 g/mol. The summed E-state index contributed by atoms with van der Waals surface area (Å²) in [4.78, 5) is 0. The first-order chi connectivity index (χ1) is 6.33. The maximum atomic E-state index is 3.28. The molecule has 0 aromatic rings. The smallest absolute Gasteiger partial charge is 0.00516 e. The molecule has 0 amide bonds. The van der Waals surface area contributed by atoms with Gasteiger partial charge in [-0.3, -0.25) is 0 Å². The molecule has 0 unspecified atom stereocenters. The molecule has 0 saturated carbocycles. The Morgan fingerprint density at radius 2 is 1.00 bits per heavy atom. The first-order valence-electron chi connectivity index (χ1n) is 5.74. The van der Waals surface area contributed by atoms with Gasteiger partial charge in [0.15, 0.2) is 0 Å². The standard InChI is InChI=1S/C6H15N.C5H13N/c1-3-5-7-6-4-2;1-3-5-6-4-2/h7H,3-6H2,1-2H3;6H,3-5H2,1-2H3. The van der Waals surface area contributed by atoms with E-state index in [1.807, 2.05) is 0 Å². The van der Waals surface area contributed by atoms with Crippen molar-refractivity contribution in [1.82, 2.24) is 10.6 Å². The maximum absolute atomic E-state index is 3.28. The summed E-state index contributed by atoms with van der Waals surface area (Å²) in [5, 5.41) is 6.48. The quantitative estimate of drug-likeness (QED) is 0.600. The van der Waals surface area contributed by atoms with Crippen LogP contribution in [0.4, 0.5) is 0 Å². The van der Waals surface area contributed by atoms with Crippen molar-refractivity contribution < 1.29 is 0 Å². The van der Waals surface area contributed by atoms with Crippen molar-refractivity contribution in [3.05, 3.63) is 0 Å². The predicted molar refractivity (Wildman–Crippen MR) is 62.3 cm³/mol. The molecule has 0 radical (unpaired) electrons. The average molecular weight is 188 g/mol. The number of hydrogen-bond acceptors (Lipinski definition) is 2. The molecule has 0 heterocycles. The fraction of sp³-hybridized carbons (Fsp3) is 1.00. The summed E-state index contributed by atoms with van der Waals surface area (Å²) in [6.07, 6.45) is 3.74. The molecule has 2 nitrogen and oxygen atoms in total. The Kier molecular flexibility index (Phi) is 21.2. The summed E-state index contributed by atoms with van der Waals surface area (Å²) < 4.78 is 0. The normalized spacial score (nSPS) is 9.23. The van der Waals surface area contributed by atoms with E-state index in [4.69, 9.17) is 0 Å². The van der Waals surface area contributed by atoms with Crippen LogP contribution in [0.5, 0.6) is 0 Å². The Labute approximate surface area is 84.5 Å². The molecule has 0 aliphatic carbocycles. The molecule has 0 spiro atoms. The van der Waals surface area contributed by atoms with Crippen LogP contribution in [0.1, 0.15) is 47.0 Å². The van der Waals surface area contributed by atoms with Gasteiger partial charge in [0.1, 0.15) is 0 Å². The van der Waals surface area contributed by atoms with Gasteiger partial charge < -0.3 is 10.6 Å². The van der Waals surface area contributed by atoms with Gasteiger partial charge in [-0.25, -0.2) is 0 Å². The summed E-state index contributed by atoms with van der Waals surface area (Å²) in [5.41, 5.74) is 0. The number of nitrogens with one attached hydrogen (secondary N) is 2. The average Bonchev–Trinajstić information content (AvgIpc) is 2.17. The van der Waals surface area contributed by atoms with Gasteiger partial charge in [0, 0.05) is 0 Å². The van der Waals surface area contributed by atoms with Crippen molar-refractivity contribution >= 4 is 0 Å². The van der Waals surface area contributed by atoms with Crippen LogP contribution < -0.4 is 10.6 Å². The summed E-state index contributed by atoms with van der Waals surface area (Å²) in [6.45, 7) is 13.3. The summed E-state index contributed by atoms with van der Waals surface area (Å²) in [5.74, 6) is 0. The van der Waals surface area contributed by atoms with Gasteiger partial charge in [-0.2, -0.15) is 0 Å². The van der Waals surface area contributed by atoms with E-state index in [9.17, 15) is 0 Å². The first-order valence-corrected chi connectivity index (χ1v) is 5.74. The van der Waals surface area contributed by atoms with Gasteiger partial charge >= 0.3 is 0 Å². The van der Waals surface area contributed by atoms with Crippen LogP contribution in [0.2, 0.25) is 0 Å². The first kappa shape index (κ1) is 15.4. The third-order valence-corrected chi connectivity index (χ3v) is 1.53. The van der Waals surface area contributed by atoms with E-state index >= 15 is 0 Å². The summed E-state index contributed by atoms with van der Waals surface area (Å²) in [6, 6.07) is 0. The lowest BCUT2D eigenvalue weighted by Crippen LogP contribution is -2.14. The van der Waals surface area contributed by atoms with Gasteiger partial charge in [-0.05, 0) is 45.4 Å². The molecule has 0 atom stereocenters. The fourth-order valence-corrected chi connectivity index (χ4v) is 0.832. The van der Waals surface area contributed by atoms with Gasteiger partial charge in [0.2, 0.25) is 0 Å². The van der Waals surface area contributed by atoms with Crippen molar-refractivity contribution in [2.75, 3.05) is 26.2 Å². The second-order valence-electron chi connectivity index (χ2n) is 3.10.